The van der Waals surface area contributed by atoms with Gasteiger partial charge in [-0.2, -0.15) is 10.1 Å². The Labute approximate surface area is 170 Å². The Morgan fingerprint density at radius 1 is 1.20 bits per heavy atom. The van der Waals surface area contributed by atoms with E-state index in [9.17, 15) is 18.0 Å². The molecule has 0 aliphatic carbocycles. The first kappa shape index (κ1) is 21.1. The lowest BCUT2D eigenvalue weighted by Gasteiger charge is -2.20. The van der Waals surface area contributed by atoms with Crippen LogP contribution in [0.4, 0.5) is 30.6 Å². The second-order valence-electron chi connectivity index (χ2n) is 7.12. The number of amides is 1. The van der Waals surface area contributed by atoms with Gasteiger partial charge in [0.25, 0.3) is 0 Å². The van der Waals surface area contributed by atoms with E-state index in [1.807, 2.05) is 0 Å². The van der Waals surface area contributed by atoms with E-state index >= 15 is 0 Å². The van der Waals surface area contributed by atoms with Gasteiger partial charge in [-0.3, -0.25) is 9.48 Å². The molecule has 158 valence electrons. The highest BCUT2D eigenvalue weighted by Crippen LogP contribution is 2.22. The molecule has 3 rings (SSSR count). The Bertz CT molecular complexity index is 1100. The van der Waals surface area contributed by atoms with Crippen molar-refractivity contribution < 1.29 is 18.0 Å². The summed E-state index contributed by atoms with van der Waals surface area (Å²) in [6.07, 6.45) is 4.55. The highest BCUT2D eigenvalue weighted by molar-refractivity contribution is 5.81. The average Bonchev–Trinajstić information content (AvgIpc) is 3.16. The molecule has 4 N–H and O–H groups in total. The van der Waals surface area contributed by atoms with Gasteiger partial charge >= 0.3 is 0 Å². The van der Waals surface area contributed by atoms with Crippen molar-refractivity contribution in [1.82, 2.24) is 19.7 Å². The minimum Gasteiger partial charge on any atom is -0.368 e. The fourth-order valence-corrected chi connectivity index (χ4v) is 2.52. The molecule has 0 radical (unpaired) electrons. The van der Waals surface area contributed by atoms with Crippen LogP contribution in [0.15, 0.2) is 30.7 Å². The van der Waals surface area contributed by atoms with Gasteiger partial charge in [0.15, 0.2) is 11.6 Å². The number of nitrogens with two attached hydrogens (primary N) is 1. The van der Waals surface area contributed by atoms with Crippen LogP contribution in [0, 0.1) is 24.4 Å². The van der Waals surface area contributed by atoms with E-state index in [-0.39, 0.29) is 12.5 Å². The van der Waals surface area contributed by atoms with Crippen molar-refractivity contribution in [1.29, 1.82) is 0 Å². The average molecular weight is 419 g/mol. The second kappa shape index (κ2) is 8.01. The van der Waals surface area contributed by atoms with Crippen LogP contribution in [0.2, 0.25) is 0 Å². The minimum atomic E-state index is -1.25. The standard InChI is InChI=1S/C19H20F3N7O/c1-10-6-25-18(27-11-7-26-29(9-11)19(2,3)17(23)30)28-16(10)24-8-12-13(20)4-5-14(21)15(12)22/h4-7,9H,8H2,1-3H3,(H2,23,30)(H2,24,25,27,28). The van der Waals surface area contributed by atoms with Gasteiger partial charge in [-0.25, -0.2) is 18.2 Å². The van der Waals surface area contributed by atoms with E-state index in [0.29, 0.717) is 17.1 Å². The molecular formula is C19H20F3N7O. The van der Waals surface area contributed by atoms with Gasteiger partial charge in [0.1, 0.15) is 17.2 Å². The summed E-state index contributed by atoms with van der Waals surface area (Å²) in [5.41, 5.74) is 5.04. The smallest absolute Gasteiger partial charge is 0.244 e. The summed E-state index contributed by atoms with van der Waals surface area (Å²) in [5.74, 6) is -3.31. The maximum atomic E-state index is 13.8. The first-order chi connectivity index (χ1) is 14.1. The van der Waals surface area contributed by atoms with Gasteiger partial charge in [0, 0.05) is 30.1 Å². The molecule has 1 aromatic carbocycles. The molecule has 1 amide bonds. The first-order valence-electron chi connectivity index (χ1n) is 8.91. The molecule has 0 saturated heterocycles. The van der Waals surface area contributed by atoms with Crippen molar-refractivity contribution in [3.63, 3.8) is 0 Å². The monoisotopic (exact) mass is 419 g/mol. The zero-order chi connectivity index (χ0) is 22.1. The van der Waals surface area contributed by atoms with Crippen molar-refractivity contribution >= 4 is 23.4 Å². The summed E-state index contributed by atoms with van der Waals surface area (Å²) >= 11 is 0. The predicted octanol–water partition coefficient (Wildman–Crippen LogP) is 2.97. The zero-order valence-corrected chi connectivity index (χ0v) is 16.5. The van der Waals surface area contributed by atoms with Gasteiger partial charge in [-0.05, 0) is 32.9 Å². The highest BCUT2D eigenvalue weighted by Gasteiger charge is 2.28. The number of nitrogens with one attached hydrogen (secondary N) is 2. The molecule has 11 heteroatoms. The van der Waals surface area contributed by atoms with Crippen LogP contribution in [-0.2, 0) is 16.9 Å². The minimum absolute atomic E-state index is 0.180. The van der Waals surface area contributed by atoms with Gasteiger partial charge in [0.2, 0.25) is 11.9 Å². The fraction of sp³-hybridized carbons (Fsp3) is 0.263. The van der Waals surface area contributed by atoms with E-state index < -0.39 is 34.5 Å². The van der Waals surface area contributed by atoms with Crippen molar-refractivity contribution in [3.05, 3.63) is 59.3 Å². The molecule has 0 saturated carbocycles. The Balaban J connectivity index is 1.77. The van der Waals surface area contributed by atoms with Crippen LogP contribution in [0.25, 0.3) is 0 Å². The summed E-state index contributed by atoms with van der Waals surface area (Å²) in [7, 11) is 0. The summed E-state index contributed by atoms with van der Waals surface area (Å²) in [6.45, 7) is 4.65. The third-order valence-corrected chi connectivity index (χ3v) is 4.56. The highest BCUT2D eigenvalue weighted by atomic mass is 19.2. The zero-order valence-electron chi connectivity index (χ0n) is 16.5. The second-order valence-corrected chi connectivity index (χ2v) is 7.12. The maximum absolute atomic E-state index is 13.8. The largest absolute Gasteiger partial charge is 0.368 e. The number of nitrogens with zero attached hydrogens (tertiary/aromatic N) is 4. The number of aryl methyl sites for hydroxylation is 1. The third kappa shape index (κ3) is 4.19. The van der Waals surface area contributed by atoms with E-state index in [2.05, 4.69) is 25.7 Å². The molecule has 0 unspecified atom stereocenters. The number of carbonyl (C=O) groups is 1. The molecule has 0 fully saturated rings. The Morgan fingerprint density at radius 3 is 2.60 bits per heavy atom. The van der Waals surface area contributed by atoms with E-state index in [1.165, 1.54) is 17.1 Å². The molecule has 2 heterocycles. The number of halogens is 3. The lowest BCUT2D eigenvalue weighted by molar-refractivity contribution is -0.125. The molecule has 0 aliphatic rings. The van der Waals surface area contributed by atoms with Crippen molar-refractivity contribution in [2.75, 3.05) is 10.6 Å². The van der Waals surface area contributed by atoms with E-state index in [1.54, 1.807) is 27.0 Å². The number of rotatable bonds is 7. The summed E-state index contributed by atoms with van der Waals surface area (Å²) < 4.78 is 42.4. The van der Waals surface area contributed by atoms with Gasteiger partial charge in [-0.1, -0.05) is 0 Å². The number of anilines is 3. The molecule has 2 aromatic heterocycles. The molecular weight excluding hydrogens is 399 g/mol. The molecule has 3 aromatic rings. The third-order valence-electron chi connectivity index (χ3n) is 4.56. The van der Waals surface area contributed by atoms with Gasteiger partial charge < -0.3 is 16.4 Å². The number of hydrogen-bond acceptors (Lipinski definition) is 6. The van der Waals surface area contributed by atoms with Crippen LogP contribution in [0.5, 0.6) is 0 Å². The SMILES string of the molecule is Cc1cnc(Nc2cnn(C(C)(C)C(N)=O)c2)nc1NCc1c(F)ccc(F)c1F. The molecule has 0 atom stereocenters. The Morgan fingerprint density at radius 2 is 1.90 bits per heavy atom. The van der Waals surface area contributed by atoms with Gasteiger partial charge in [-0.15, -0.1) is 0 Å². The number of aromatic nitrogens is 4. The lowest BCUT2D eigenvalue weighted by Crippen LogP contribution is -2.41. The van der Waals surface area contributed by atoms with Crippen LogP contribution in [0.3, 0.4) is 0 Å². The van der Waals surface area contributed by atoms with Crippen LogP contribution < -0.4 is 16.4 Å². The van der Waals surface area contributed by atoms with Crippen LogP contribution in [0.1, 0.15) is 25.0 Å². The number of carbonyl (C=O) groups excluding carboxylic acids is 1. The number of hydrogen-bond donors (Lipinski definition) is 3. The topological polar surface area (TPSA) is 111 Å². The Kier molecular flexibility index (Phi) is 5.63. The number of benzene rings is 1. The quantitative estimate of drug-likeness (QED) is 0.508. The van der Waals surface area contributed by atoms with Crippen molar-refractivity contribution in [2.24, 2.45) is 5.73 Å². The molecule has 8 nitrogen and oxygen atoms in total. The van der Waals surface area contributed by atoms with E-state index in [0.717, 1.165) is 12.1 Å². The number of primary amides is 1. The predicted molar refractivity (Wildman–Crippen MR) is 104 cm³/mol. The summed E-state index contributed by atoms with van der Waals surface area (Å²) in [6, 6.07) is 1.59. The molecule has 0 aliphatic heterocycles. The lowest BCUT2D eigenvalue weighted by atomic mass is 10.1. The maximum Gasteiger partial charge on any atom is 0.244 e. The fourth-order valence-electron chi connectivity index (χ4n) is 2.52. The molecule has 0 spiro atoms. The van der Waals surface area contributed by atoms with Crippen molar-refractivity contribution in [2.45, 2.75) is 32.9 Å². The van der Waals surface area contributed by atoms with Crippen LogP contribution in [-0.4, -0.2) is 25.7 Å². The first-order valence-corrected chi connectivity index (χ1v) is 8.91. The normalized spacial score (nSPS) is 11.4. The summed E-state index contributed by atoms with van der Waals surface area (Å²) in [4.78, 5) is 20.0. The Hall–Kier alpha value is -3.63. The van der Waals surface area contributed by atoms with Crippen molar-refractivity contribution in [3.8, 4) is 0 Å². The van der Waals surface area contributed by atoms with Gasteiger partial charge in [0.05, 0.1) is 11.9 Å². The van der Waals surface area contributed by atoms with Crippen LogP contribution >= 0.6 is 0 Å². The molecule has 30 heavy (non-hydrogen) atoms. The molecule has 0 bridgehead atoms. The summed E-state index contributed by atoms with van der Waals surface area (Å²) in [5, 5.41) is 9.83. The van der Waals surface area contributed by atoms with E-state index in [4.69, 9.17) is 5.73 Å².